The molecular formula is C23H20FN3OS. The number of imidazole rings is 1. The fourth-order valence-electron chi connectivity index (χ4n) is 3.67. The summed E-state index contributed by atoms with van der Waals surface area (Å²) < 4.78 is 15.1. The molecule has 0 bridgehead atoms. The van der Waals surface area contributed by atoms with E-state index in [2.05, 4.69) is 22.4 Å². The maximum atomic E-state index is 13.2. The van der Waals surface area contributed by atoms with Crippen molar-refractivity contribution in [1.82, 2.24) is 14.7 Å². The molecule has 1 amide bonds. The van der Waals surface area contributed by atoms with Gasteiger partial charge in [0.15, 0.2) is 4.96 Å². The van der Waals surface area contributed by atoms with Crippen LogP contribution in [0.15, 0.2) is 66.2 Å². The Kier molecular flexibility index (Phi) is 4.64. The number of benzene rings is 2. The van der Waals surface area contributed by atoms with Crippen molar-refractivity contribution in [2.24, 2.45) is 5.92 Å². The van der Waals surface area contributed by atoms with Gasteiger partial charge >= 0.3 is 0 Å². The minimum Gasteiger partial charge on any atom is -0.349 e. The summed E-state index contributed by atoms with van der Waals surface area (Å²) in [5.74, 6) is 0.278. The van der Waals surface area contributed by atoms with Gasteiger partial charge in [0.25, 0.3) is 0 Å². The third-order valence-electron chi connectivity index (χ3n) is 5.33. The second-order valence-corrected chi connectivity index (χ2v) is 8.32. The van der Waals surface area contributed by atoms with E-state index in [0.29, 0.717) is 12.3 Å². The first-order chi connectivity index (χ1) is 14.2. The number of carbonyl (C=O) groups excluding carboxylic acids is 1. The molecule has 146 valence electrons. The number of thiazole rings is 1. The van der Waals surface area contributed by atoms with Gasteiger partial charge in [-0.15, -0.1) is 11.3 Å². The zero-order valence-corrected chi connectivity index (χ0v) is 16.5. The summed E-state index contributed by atoms with van der Waals surface area (Å²) in [6.07, 6.45) is 4.53. The number of halogens is 1. The van der Waals surface area contributed by atoms with Gasteiger partial charge < -0.3 is 5.32 Å². The van der Waals surface area contributed by atoms with E-state index in [1.165, 1.54) is 29.0 Å². The number of hydrogen-bond donors (Lipinski definition) is 1. The Morgan fingerprint density at radius 2 is 1.93 bits per heavy atom. The van der Waals surface area contributed by atoms with E-state index < -0.39 is 0 Å². The van der Waals surface area contributed by atoms with E-state index in [9.17, 15) is 9.18 Å². The van der Waals surface area contributed by atoms with Crippen LogP contribution >= 0.6 is 11.3 Å². The van der Waals surface area contributed by atoms with Crippen LogP contribution in [0.2, 0.25) is 0 Å². The van der Waals surface area contributed by atoms with E-state index in [0.717, 1.165) is 34.8 Å². The van der Waals surface area contributed by atoms with Gasteiger partial charge in [0.2, 0.25) is 5.91 Å². The molecule has 0 radical (unpaired) electrons. The molecule has 1 aliphatic rings. The maximum Gasteiger partial charge on any atom is 0.226 e. The molecule has 0 spiro atoms. The number of nitrogens with one attached hydrogen (secondary N) is 1. The average Bonchev–Trinajstić information content (AvgIpc) is 3.39. The van der Waals surface area contributed by atoms with Gasteiger partial charge in [-0.2, -0.15) is 0 Å². The van der Waals surface area contributed by atoms with Gasteiger partial charge in [0.1, 0.15) is 5.82 Å². The molecule has 4 aromatic rings. The number of aromatic nitrogens is 2. The fourth-order valence-corrected chi connectivity index (χ4v) is 4.54. The molecule has 1 fully saturated rings. The van der Waals surface area contributed by atoms with Gasteiger partial charge in [-0.1, -0.05) is 30.3 Å². The summed E-state index contributed by atoms with van der Waals surface area (Å²) in [5, 5.41) is 5.21. The molecular weight excluding hydrogens is 385 g/mol. The summed E-state index contributed by atoms with van der Waals surface area (Å²) >= 11 is 1.51. The number of nitrogens with zero attached hydrogens (tertiary/aromatic N) is 2. The van der Waals surface area contributed by atoms with Crippen molar-refractivity contribution in [3.8, 4) is 11.3 Å². The summed E-state index contributed by atoms with van der Waals surface area (Å²) in [4.78, 5) is 18.2. The van der Waals surface area contributed by atoms with E-state index in [-0.39, 0.29) is 17.8 Å². The van der Waals surface area contributed by atoms with Crippen LogP contribution in [0.3, 0.4) is 0 Å². The number of hydrogen-bond acceptors (Lipinski definition) is 3. The van der Waals surface area contributed by atoms with Crippen molar-refractivity contribution in [2.45, 2.75) is 25.3 Å². The summed E-state index contributed by atoms with van der Waals surface area (Å²) in [7, 11) is 0. The lowest BCUT2D eigenvalue weighted by molar-refractivity contribution is -0.121. The van der Waals surface area contributed by atoms with E-state index in [1.54, 1.807) is 12.1 Å². The summed E-state index contributed by atoms with van der Waals surface area (Å²) in [5.41, 5.74) is 3.71. The quantitative estimate of drug-likeness (QED) is 0.490. The first kappa shape index (κ1) is 18.1. The minimum absolute atomic E-state index is 0.0162. The second-order valence-electron chi connectivity index (χ2n) is 7.48. The first-order valence-electron chi connectivity index (χ1n) is 9.73. The SMILES string of the molecule is O=C(Cc1csc2nc(-c3ccc(F)cc3)cn12)N[C@H](c1ccccc1)C1CC1. The molecule has 6 heteroatoms. The maximum absolute atomic E-state index is 13.2. The highest BCUT2D eigenvalue weighted by atomic mass is 32.1. The molecule has 2 heterocycles. The molecule has 0 unspecified atom stereocenters. The molecule has 5 rings (SSSR count). The van der Waals surface area contributed by atoms with E-state index in [4.69, 9.17) is 0 Å². The molecule has 2 aromatic carbocycles. The third-order valence-corrected chi connectivity index (χ3v) is 6.22. The van der Waals surface area contributed by atoms with Gasteiger partial charge in [-0.3, -0.25) is 9.20 Å². The standard InChI is InChI=1S/C23H20FN3OS/c24-18-10-8-15(9-11-18)20-13-27-19(14-29-23(27)25-20)12-21(28)26-22(17-6-7-17)16-4-2-1-3-5-16/h1-5,8-11,13-14,17,22H,6-7,12H2,(H,26,28)/t22-/m1/s1. The smallest absolute Gasteiger partial charge is 0.226 e. The van der Waals surface area contributed by atoms with E-state index in [1.807, 2.05) is 34.2 Å². The Morgan fingerprint density at radius 3 is 2.66 bits per heavy atom. The Labute approximate surface area is 172 Å². The van der Waals surface area contributed by atoms with Crippen LogP contribution in [-0.4, -0.2) is 15.3 Å². The lowest BCUT2D eigenvalue weighted by Gasteiger charge is -2.18. The van der Waals surface area contributed by atoms with Gasteiger partial charge in [-0.25, -0.2) is 9.37 Å². The molecule has 4 nitrogen and oxygen atoms in total. The lowest BCUT2D eigenvalue weighted by atomic mass is 10.0. The Balaban J connectivity index is 1.34. The monoisotopic (exact) mass is 405 g/mol. The van der Waals surface area contributed by atoms with Crippen LogP contribution in [0, 0.1) is 11.7 Å². The van der Waals surface area contributed by atoms with Gasteiger partial charge in [0, 0.05) is 22.8 Å². The minimum atomic E-state index is -0.268. The number of carbonyl (C=O) groups is 1. The zero-order valence-electron chi connectivity index (χ0n) is 15.7. The average molecular weight is 405 g/mol. The van der Waals surface area contributed by atoms with Crippen LogP contribution in [0.5, 0.6) is 0 Å². The molecule has 1 N–H and O–H groups in total. The lowest BCUT2D eigenvalue weighted by Crippen LogP contribution is -2.31. The highest BCUT2D eigenvalue weighted by Crippen LogP contribution is 2.41. The largest absolute Gasteiger partial charge is 0.349 e. The van der Waals surface area contributed by atoms with Crippen LogP contribution in [0.1, 0.15) is 30.1 Å². The predicted molar refractivity (Wildman–Crippen MR) is 112 cm³/mol. The van der Waals surface area contributed by atoms with Crippen LogP contribution in [0.25, 0.3) is 16.2 Å². The van der Waals surface area contributed by atoms with Gasteiger partial charge in [-0.05, 0) is 48.6 Å². The molecule has 1 aliphatic carbocycles. The van der Waals surface area contributed by atoms with Crippen molar-refractivity contribution >= 4 is 22.2 Å². The predicted octanol–water partition coefficient (Wildman–Crippen LogP) is 5.01. The van der Waals surface area contributed by atoms with E-state index >= 15 is 0 Å². The normalized spacial score (nSPS) is 14.8. The highest BCUT2D eigenvalue weighted by molar-refractivity contribution is 7.15. The molecule has 2 aromatic heterocycles. The molecule has 0 aliphatic heterocycles. The second kappa shape index (κ2) is 7.44. The fraction of sp³-hybridized carbons (Fsp3) is 0.217. The van der Waals surface area contributed by atoms with Crippen molar-refractivity contribution in [1.29, 1.82) is 0 Å². The molecule has 1 saturated carbocycles. The Bertz CT molecular complexity index is 1150. The highest BCUT2D eigenvalue weighted by Gasteiger charge is 2.33. The molecule has 29 heavy (non-hydrogen) atoms. The van der Waals surface area contributed by atoms with Crippen LogP contribution in [0.4, 0.5) is 4.39 Å². The van der Waals surface area contributed by atoms with Crippen LogP contribution in [-0.2, 0) is 11.2 Å². The van der Waals surface area contributed by atoms with Gasteiger partial charge in [0.05, 0.1) is 18.2 Å². The van der Waals surface area contributed by atoms with Crippen molar-refractivity contribution in [3.05, 3.63) is 83.2 Å². The number of fused-ring (bicyclic) bond motifs is 1. The topological polar surface area (TPSA) is 46.4 Å². The number of rotatable bonds is 6. The summed E-state index contributed by atoms with van der Waals surface area (Å²) in [6, 6.07) is 16.6. The first-order valence-corrected chi connectivity index (χ1v) is 10.6. The number of amides is 1. The van der Waals surface area contributed by atoms with Crippen molar-refractivity contribution in [3.63, 3.8) is 0 Å². The Hall–Kier alpha value is -2.99. The molecule has 1 atom stereocenters. The Morgan fingerprint density at radius 1 is 1.17 bits per heavy atom. The zero-order chi connectivity index (χ0) is 19.8. The summed E-state index contributed by atoms with van der Waals surface area (Å²) in [6.45, 7) is 0. The van der Waals surface area contributed by atoms with Crippen molar-refractivity contribution < 1.29 is 9.18 Å². The molecule has 0 saturated heterocycles. The van der Waals surface area contributed by atoms with Crippen LogP contribution < -0.4 is 5.32 Å². The third kappa shape index (κ3) is 3.80. The van der Waals surface area contributed by atoms with Crippen molar-refractivity contribution in [2.75, 3.05) is 0 Å².